The van der Waals surface area contributed by atoms with Crippen molar-refractivity contribution in [3.8, 4) is 0 Å². The van der Waals surface area contributed by atoms with Crippen molar-refractivity contribution in [1.82, 2.24) is 25.1 Å². The van der Waals surface area contributed by atoms with Crippen molar-refractivity contribution in [1.29, 1.82) is 0 Å². The van der Waals surface area contributed by atoms with E-state index >= 15 is 0 Å². The molecule has 2 aliphatic rings. The number of nitrogens with zero attached hydrogens (tertiary/aromatic N) is 4. The van der Waals surface area contributed by atoms with E-state index in [1.807, 2.05) is 67.6 Å². The fraction of sp³-hybridized carbons (Fsp3) is 0.344. The molecule has 2 aliphatic heterocycles. The third-order valence-corrected chi connectivity index (χ3v) is 7.62. The first-order chi connectivity index (χ1) is 20.4. The Labute approximate surface area is 245 Å². The molecular formula is C32H36FN5O4. The number of amides is 4. The molecule has 2 fully saturated rings. The number of rotatable bonds is 10. The second-order valence-corrected chi connectivity index (χ2v) is 10.4. The smallest absolute Gasteiger partial charge is 0.334 e. The van der Waals surface area contributed by atoms with E-state index in [2.05, 4.69) is 5.32 Å². The van der Waals surface area contributed by atoms with Gasteiger partial charge in [-0.3, -0.25) is 9.59 Å². The van der Waals surface area contributed by atoms with Crippen LogP contribution in [0, 0.1) is 5.82 Å². The topological polar surface area (TPSA) is 85.4 Å². The number of benzene rings is 3. The minimum atomic E-state index is -0.773. The molecule has 3 aromatic rings. The summed E-state index contributed by atoms with van der Waals surface area (Å²) in [5.74, 6) is -0.711. The van der Waals surface area contributed by atoms with Crippen LogP contribution in [-0.4, -0.2) is 82.7 Å². The Morgan fingerprint density at radius 3 is 2.33 bits per heavy atom. The lowest BCUT2D eigenvalue weighted by molar-refractivity contribution is -0.190. The van der Waals surface area contributed by atoms with Crippen molar-refractivity contribution in [3.05, 3.63) is 107 Å². The van der Waals surface area contributed by atoms with Gasteiger partial charge in [0.15, 0.2) is 0 Å². The van der Waals surface area contributed by atoms with Gasteiger partial charge in [0.25, 0.3) is 0 Å². The standard InChI is InChI=1S/C32H36FN5O4/c1-2-36-22-30(39)37-28(19-24-10-5-3-6-11-24)31(40)35(16-17-42-23-26-14-9-15-27(33)18-26)21-29(37)38(36)32(41)34-20-25-12-7-4-8-13-25/h3-15,18,28-29H,2,16-17,19-23H2,1H3,(H,34,41)/t28-,29-/m0/s1. The Hall–Kier alpha value is -4.28. The van der Waals surface area contributed by atoms with Gasteiger partial charge in [0.05, 0.1) is 26.3 Å². The number of ether oxygens (including phenoxy) is 1. The van der Waals surface area contributed by atoms with E-state index in [0.29, 0.717) is 25.1 Å². The van der Waals surface area contributed by atoms with Crippen molar-refractivity contribution >= 4 is 17.8 Å². The maximum atomic E-state index is 13.9. The summed E-state index contributed by atoms with van der Waals surface area (Å²) in [6.45, 7) is 3.52. The second kappa shape index (κ2) is 13.6. The van der Waals surface area contributed by atoms with Crippen molar-refractivity contribution in [2.45, 2.75) is 38.7 Å². The lowest BCUT2D eigenvalue weighted by Gasteiger charge is -2.55. The molecule has 10 heteroatoms. The third-order valence-electron chi connectivity index (χ3n) is 7.62. The van der Waals surface area contributed by atoms with Gasteiger partial charge in [-0.05, 0) is 28.8 Å². The first-order valence-electron chi connectivity index (χ1n) is 14.3. The lowest BCUT2D eigenvalue weighted by Crippen LogP contribution is -2.76. The summed E-state index contributed by atoms with van der Waals surface area (Å²) in [6, 6.07) is 24.3. The first kappa shape index (κ1) is 29.2. The van der Waals surface area contributed by atoms with E-state index in [1.165, 1.54) is 12.1 Å². The highest BCUT2D eigenvalue weighted by atomic mass is 19.1. The van der Waals surface area contributed by atoms with Crippen LogP contribution in [0.15, 0.2) is 84.9 Å². The van der Waals surface area contributed by atoms with Crippen molar-refractivity contribution < 1.29 is 23.5 Å². The monoisotopic (exact) mass is 573 g/mol. The molecule has 220 valence electrons. The minimum absolute atomic E-state index is 0.00106. The number of carbonyl (C=O) groups is 3. The summed E-state index contributed by atoms with van der Waals surface area (Å²) in [7, 11) is 0. The molecule has 42 heavy (non-hydrogen) atoms. The molecule has 0 bridgehead atoms. The number of hydrogen-bond donors (Lipinski definition) is 1. The molecule has 4 amide bonds. The van der Waals surface area contributed by atoms with Crippen LogP contribution < -0.4 is 5.32 Å². The van der Waals surface area contributed by atoms with Crippen LogP contribution in [0.25, 0.3) is 0 Å². The number of urea groups is 1. The maximum absolute atomic E-state index is 13.9. The normalized spacial score (nSPS) is 19.1. The van der Waals surface area contributed by atoms with E-state index < -0.39 is 12.2 Å². The van der Waals surface area contributed by atoms with E-state index in [-0.39, 0.29) is 56.5 Å². The van der Waals surface area contributed by atoms with Crippen molar-refractivity contribution in [3.63, 3.8) is 0 Å². The summed E-state index contributed by atoms with van der Waals surface area (Å²) in [5.41, 5.74) is 2.58. The Bertz CT molecular complexity index is 1380. The van der Waals surface area contributed by atoms with E-state index in [4.69, 9.17) is 4.74 Å². The molecule has 0 aromatic heterocycles. The largest absolute Gasteiger partial charge is 0.375 e. The average Bonchev–Trinajstić information content (AvgIpc) is 3.00. The molecular weight excluding hydrogens is 537 g/mol. The SMILES string of the molecule is CCN1CC(=O)N2[C@@H](Cc3ccccc3)C(=O)N(CCOCc3cccc(F)c3)C[C@@H]2N1C(=O)NCc1ccccc1. The third kappa shape index (κ3) is 6.78. The van der Waals surface area contributed by atoms with Crippen LogP contribution in [0.2, 0.25) is 0 Å². The van der Waals surface area contributed by atoms with E-state index in [1.54, 1.807) is 32.0 Å². The molecule has 0 spiro atoms. The maximum Gasteiger partial charge on any atom is 0.334 e. The molecule has 9 nitrogen and oxygen atoms in total. The molecule has 2 saturated heterocycles. The highest BCUT2D eigenvalue weighted by Crippen LogP contribution is 2.28. The Morgan fingerprint density at radius 2 is 1.64 bits per heavy atom. The zero-order valence-electron chi connectivity index (χ0n) is 23.7. The number of nitrogens with one attached hydrogen (secondary N) is 1. The second-order valence-electron chi connectivity index (χ2n) is 10.4. The predicted molar refractivity (Wildman–Crippen MR) is 155 cm³/mol. The van der Waals surface area contributed by atoms with Gasteiger partial charge in [0.2, 0.25) is 11.8 Å². The Balaban J connectivity index is 1.36. The van der Waals surface area contributed by atoms with Crippen LogP contribution in [0.5, 0.6) is 0 Å². The Morgan fingerprint density at radius 1 is 0.952 bits per heavy atom. The number of fused-ring (bicyclic) bond motifs is 1. The summed E-state index contributed by atoms with van der Waals surface area (Å²) in [4.78, 5) is 44.4. The summed E-state index contributed by atoms with van der Waals surface area (Å²) >= 11 is 0. The highest BCUT2D eigenvalue weighted by molar-refractivity contribution is 5.91. The van der Waals surface area contributed by atoms with E-state index in [0.717, 1.165) is 11.1 Å². The van der Waals surface area contributed by atoms with Crippen LogP contribution in [0.4, 0.5) is 9.18 Å². The van der Waals surface area contributed by atoms with Crippen LogP contribution >= 0.6 is 0 Å². The van der Waals surface area contributed by atoms with Crippen LogP contribution in [-0.2, 0) is 33.9 Å². The molecule has 1 N–H and O–H groups in total. The van der Waals surface area contributed by atoms with Gasteiger partial charge in [-0.25, -0.2) is 19.2 Å². The fourth-order valence-corrected chi connectivity index (χ4v) is 5.55. The molecule has 0 radical (unpaired) electrons. The van der Waals surface area contributed by atoms with Gasteiger partial charge >= 0.3 is 6.03 Å². The van der Waals surface area contributed by atoms with Gasteiger partial charge in [-0.2, -0.15) is 0 Å². The van der Waals surface area contributed by atoms with Gasteiger partial charge in [-0.15, -0.1) is 0 Å². The number of halogens is 1. The Kier molecular flexibility index (Phi) is 9.45. The molecule has 0 unspecified atom stereocenters. The lowest BCUT2D eigenvalue weighted by atomic mass is 9.99. The van der Waals surface area contributed by atoms with Crippen molar-refractivity contribution in [2.75, 3.05) is 32.8 Å². The number of hydrogen-bond acceptors (Lipinski definition) is 5. The van der Waals surface area contributed by atoms with Crippen LogP contribution in [0.1, 0.15) is 23.6 Å². The molecule has 3 aromatic carbocycles. The fourth-order valence-electron chi connectivity index (χ4n) is 5.55. The number of carbonyl (C=O) groups excluding carboxylic acids is 3. The zero-order chi connectivity index (χ0) is 29.5. The number of piperazine rings is 1. The average molecular weight is 574 g/mol. The summed E-state index contributed by atoms with van der Waals surface area (Å²) in [6.07, 6.45) is -0.356. The number of hydrazine groups is 1. The molecule has 0 aliphatic carbocycles. The summed E-state index contributed by atoms with van der Waals surface area (Å²) in [5, 5.41) is 6.32. The first-order valence-corrected chi connectivity index (χ1v) is 14.3. The van der Waals surface area contributed by atoms with Gasteiger partial charge in [-0.1, -0.05) is 79.7 Å². The van der Waals surface area contributed by atoms with Gasteiger partial charge < -0.3 is 19.9 Å². The molecule has 5 rings (SSSR count). The molecule has 2 atom stereocenters. The quantitative estimate of drug-likeness (QED) is 0.376. The molecule has 2 heterocycles. The van der Waals surface area contributed by atoms with E-state index in [9.17, 15) is 18.8 Å². The van der Waals surface area contributed by atoms with Gasteiger partial charge in [0.1, 0.15) is 18.0 Å². The zero-order valence-corrected chi connectivity index (χ0v) is 23.7. The van der Waals surface area contributed by atoms with Gasteiger partial charge in [0, 0.05) is 26.1 Å². The van der Waals surface area contributed by atoms with Crippen molar-refractivity contribution in [2.24, 2.45) is 0 Å². The van der Waals surface area contributed by atoms with Crippen LogP contribution in [0.3, 0.4) is 0 Å². The predicted octanol–water partition coefficient (Wildman–Crippen LogP) is 3.41. The highest BCUT2D eigenvalue weighted by Gasteiger charge is 2.51. The summed E-state index contributed by atoms with van der Waals surface area (Å²) < 4.78 is 19.4. The molecule has 0 saturated carbocycles. The number of likely N-dealkylation sites (N-methyl/N-ethyl adjacent to an activating group) is 1. The minimum Gasteiger partial charge on any atom is -0.375 e.